The number of aliphatic hydroxyl groups is 1. The first-order valence-electron chi connectivity index (χ1n) is 13.9. The van der Waals surface area contributed by atoms with E-state index in [0.717, 1.165) is 30.0 Å². The maximum absolute atomic E-state index is 13.7. The van der Waals surface area contributed by atoms with Crippen molar-refractivity contribution in [2.45, 2.75) is 45.4 Å². The smallest absolute Gasteiger partial charge is 0.258 e. The summed E-state index contributed by atoms with van der Waals surface area (Å²) < 4.78 is 17.4. The van der Waals surface area contributed by atoms with Crippen molar-refractivity contribution in [3.8, 4) is 17.2 Å². The summed E-state index contributed by atoms with van der Waals surface area (Å²) in [6.07, 6.45) is 0.918. The molecule has 218 valence electrons. The lowest BCUT2D eigenvalue weighted by atomic mass is 9.99. The van der Waals surface area contributed by atoms with Crippen molar-refractivity contribution in [3.63, 3.8) is 0 Å². The summed E-state index contributed by atoms with van der Waals surface area (Å²) in [5.41, 5.74) is 2.02. The molecule has 0 aromatic heterocycles. The molecule has 0 saturated heterocycles. The molecule has 0 fully saturated rings. The lowest BCUT2D eigenvalue weighted by Crippen LogP contribution is -2.49. The Morgan fingerprint density at radius 3 is 2.62 bits per heavy atom. The predicted molar refractivity (Wildman–Crippen MR) is 153 cm³/mol. The largest absolute Gasteiger partial charge is 0.488 e. The van der Waals surface area contributed by atoms with Gasteiger partial charge in [0, 0.05) is 37.7 Å². The molecule has 0 unspecified atom stereocenters. The molecule has 2 aromatic carbocycles. The van der Waals surface area contributed by atoms with Gasteiger partial charge in [0.1, 0.15) is 11.9 Å². The third-order valence-electron chi connectivity index (χ3n) is 7.34. The molecule has 0 bridgehead atoms. The summed E-state index contributed by atoms with van der Waals surface area (Å²) in [6, 6.07) is 10.8. The lowest BCUT2D eigenvalue weighted by Gasteiger charge is -2.38. The number of amides is 2. The fraction of sp³-hybridized carbons (Fsp3) is 0.533. The molecule has 0 saturated carbocycles. The van der Waals surface area contributed by atoms with E-state index < -0.39 is 0 Å². The number of carbonyl (C=O) groups excluding carboxylic acids is 2. The van der Waals surface area contributed by atoms with Gasteiger partial charge in [0.2, 0.25) is 12.7 Å². The Morgan fingerprint density at radius 2 is 1.88 bits per heavy atom. The minimum atomic E-state index is -0.364. The third-order valence-corrected chi connectivity index (χ3v) is 7.34. The third kappa shape index (κ3) is 7.44. The molecule has 0 radical (unpaired) electrons. The fourth-order valence-corrected chi connectivity index (χ4v) is 5.02. The summed E-state index contributed by atoms with van der Waals surface area (Å²) in [4.78, 5) is 32.1. The maximum Gasteiger partial charge on any atom is 0.258 e. The van der Waals surface area contributed by atoms with Gasteiger partial charge >= 0.3 is 0 Å². The van der Waals surface area contributed by atoms with Crippen LogP contribution in [0.4, 0.5) is 5.69 Å². The van der Waals surface area contributed by atoms with Gasteiger partial charge in [-0.05, 0) is 76.9 Å². The predicted octanol–water partition coefficient (Wildman–Crippen LogP) is 3.05. The maximum atomic E-state index is 13.7. The van der Waals surface area contributed by atoms with E-state index in [1.54, 1.807) is 23.1 Å². The van der Waals surface area contributed by atoms with Crippen LogP contribution < -0.4 is 19.5 Å². The molecule has 0 aliphatic carbocycles. The van der Waals surface area contributed by atoms with Crippen molar-refractivity contribution in [1.29, 1.82) is 0 Å². The van der Waals surface area contributed by atoms with Crippen LogP contribution in [0.5, 0.6) is 17.2 Å². The zero-order chi connectivity index (χ0) is 28.8. The van der Waals surface area contributed by atoms with E-state index >= 15 is 0 Å². The Kier molecular flexibility index (Phi) is 9.89. The summed E-state index contributed by atoms with van der Waals surface area (Å²) in [7, 11) is 5.98. The molecule has 2 aliphatic heterocycles. The van der Waals surface area contributed by atoms with E-state index in [4.69, 9.17) is 14.2 Å². The number of fused-ring (bicyclic) bond motifs is 2. The van der Waals surface area contributed by atoms with Gasteiger partial charge in [0.15, 0.2) is 11.5 Å². The number of nitrogens with zero attached hydrogens (tertiary/aromatic N) is 3. The average molecular weight is 555 g/mol. The van der Waals surface area contributed by atoms with E-state index in [-0.39, 0.29) is 43.3 Å². The molecule has 2 N–H and O–H groups in total. The van der Waals surface area contributed by atoms with Crippen molar-refractivity contribution in [2.24, 2.45) is 5.92 Å². The van der Waals surface area contributed by atoms with Gasteiger partial charge < -0.3 is 34.4 Å². The van der Waals surface area contributed by atoms with Gasteiger partial charge in [0.25, 0.3) is 5.91 Å². The van der Waals surface area contributed by atoms with E-state index in [0.29, 0.717) is 43.1 Å². The van der Waals surface area contributed by atoms with Crippen LogP contribution in [0, 0.1) is 5.92 Å². The summed E-state index contributed by atoms with van der Waals surface area (Å²) >= 11 is 0. The molecule has 2 aliphatic rings. The zero-order valence-electron chi connectivity index (χ0n) is 24.2. The van der Waals surface area contributed by atoms with Crippen molar-refractivity contribution in [2.75, 3.05) is 59.5 Å². The molecular formula is C30H42N4O6. The van der Waals surface area contributed by atoms with Crippen molar-refractivity contribution in [1.82, 2.24) is 14.7 Å². The van der Waals surface area contributed by atoms with Crippen LogP contribution in [0.25, 0.3) is 0 Å². The number of benzene rings is 2. The number of aliphatic hydroxyl groups excluding tert-OH is 1. The van der Waals surface area contributed by atoms with Gasteiger partial charge in [-0.25, -0.2) is 0 Å². The molecule has 0 spiro atoms. The number of likely N-dealkylation sites (N-methyl/N-ethyl adjacent to an activating group) is 1. The van der Waals surface area contributed by atoms with Gasteiger partial charge in [-0.1, -0.05) is 13.0 Å². The van der Waals surface area contributed by atoms with Crippen molar-refractivity contribution in [3.05, 3.63) is 47.5 Å². The van der Waals surface area contributed by atoms with Gasteiger partial charge in [-0.15, -0.1) is 0 Å². The SMILES string of the molecule is C[C@@H]1CN([C@H](C)CO)C(=O)c2cc(NC(=O)CCCN(C)C)ccc2O[C@@H]1CN(C)Cc1ccc2c(c1)OCO2. The second kappa shape index (κ2) is 13.3. The summed E-state index contributed by atoms with van der Waals surface area (Å²) in [6.45, 7) is 6.56. The second-order valence-electron chi connectivity index (χ2n) is 11.2. The Bertz CT molecular complexity index is 1190. The highest BCUT2D eigenvalue weighted by Gasteiger charge is 2.33. The van der Waals surface area contributed by atoms with Gasteiger partial charge in [-0.3, -0.25) is 14.5 Å². The lowest BCUT2D eigenvalue weighted by molar-refractivity contribution is -0.116. The monoisotopic (exact) mass is 554 g/mol. The average Bonchev–Trinajstić information content (AvgIpc) is 3.38. The van der Waals surface area contributed by atoms with E-state index in [2.05, 4.69) is 17.1 Å². The second-order valence-corrected chi connectivity index (χ2v) is 11.2. The van der Waals surface area contributed by atoms with Crippen molar-refractivity contribution < 1.29 is 28.9 Å². The standard InChI is InChI=1S/C30H42N4O6/c1-20-15-34(21(2)18-35)30(37)24-14-23(31-29(36)7-6-12-32(3)4)9-11-25(24)40-28(20)17-33(5)16-22-8-10-26-27(13-22)39-19-38-26/h8-11,13-14,20-21,28,35H,6-7,12,15-19H2,1-5H3,(H,31,36)/t20-,21-,28-/m1/s1. The van der Waals surface area contributed by atoms with Crippen LogP contribution >= 0.6 is 0 Å². The van der Waals surface area contributed by atoms with E-state index in [1.165, 1.54) is 0 Å². The summed E-state index contributed by atoms with van der Waals surface area (Å²) in [5, 5.41) is 12.8. The highest BCUT2D eigenvalue weighted by atomic mass is 16.7. The number of carbonyl (C=O) groups is 2. The number of nitrogens with one attached hydrogen (secondary N) is 1. The number of anilines is 1. The Hall–Kier alpha value is -3.34. The highest BCUT2D eigenvalue weighted by molar-refractivity contribution is 5.99. The minimum absolute atomic E-state index is 0.00128. The van der Waals surface area contributed by atoms with E-state index in [1.807, 2.05) is 51.2 Å². The summed E-state index contributed by atoms with van der Waals surface area (Å²) in [5.74, 6) is 1.66. The number of hydrogen-bond donors (Lipinski definition) is 2. The van der Waals surface area contributed by atoms with Crippen molar-refractivity contribution >= 4 is 17.5 Å². The first-order valence-corrected chi connectivity index (χ1v) is 13.9. The van der Waals surface area contributed by atoms with Gasteiger partial charge in [-0.2, -0.15) is 0 Å². The normalized spacial score (nSPS) is 19.2. The first kappa shape index (κ1) is 29.6. The number of hydrogen-bond acceptors (Lipinski definition) is 8. The molecule has 40 heavy (non-hydrogen) atoms. The minimum Gasteiger partial charge on any atom is -0.488 e. The molecular weight excluding hydrogens is 512 g/mol. The quantitative estimate of drug-likeness (QED) is 0.437. The molecule has 2 aromatic rings. The van der Waals surface area contributed by atoms with Gasteiger partial charge in [0.05, 0.1) is 18.2 Å². The zero-order valence-corrected chi connectivity index (χ0v) is 24.2. The molecule has 2 heterocycles. The molecule has 10 heteroatoms. The van der Waals surface area contributed by atoms with Crippen LogP contribution in [0.1, 0.15) is 42.6 Å². The molecule has 10 nitrogen and oxygen atoms in total. The van der Waals surface area contributed by atoms with E-state index in [9.17, 15) is 14.7 Å². The molecule has 3 atom stereocenters. The van der Waals surface area contributed by atoms with Crippen LogP contribution in [-0.4, -0.2) is 97.9 Å². The Morgan fingerprint density at radius 1 is 1.12 bits per heavy atom. The number of rotatable bonds is 11. The molecule has 2 amide bonds. The topological polar surface area (TPSA) is 104 Å². The van der Waals surface area contributed by atoms with Crippen LogP contribution in [0.2, 0.25) is 0 Å². The first-order chi connectivity index (χ1) is 19.1. The van der Waals surface area contributed by atoms with Crippen LogP contribution in [0.15, 0.2) is 36.4 Å². The highest BCUT2D eigenvalue weighted by Crippen LogP contribution is 2.33. The number of ether oxygens (including phenoxy) is 3. The Balaban J connectivity index is 1.51. The fourth-order valence-electron chi connectivity index (χ4n) is 5.02. The Labute approximate surface area is 236 Å². The molecule has 4 rings (SSSR count). The van der Waals surface area contributed by atoms with Crippen LogP contribution in [-0.2, 0) is 11.3 Å². The van der Waals surface area contributed by atoms with Crippen LogP contribution in [0.3, 0.4) is 0 Å².